The van der Waals surface area contributed by atoms with Crippen molar-refractivity contribution < 1.29 is 79.5 Å². The van der Waals surface area contributed by atoms with E-state index in [4.69, 9.17) is 28.8 Å². The molecular weight excluding hydrogens is 460 g/mol. The lowest BCUT2D eigenvalue weighted by Gasteiger charge is -2.45. The number of hydrogen-bond donors (Lipinski definition) is 10. The van der Waals surface area contributed by atoms with Gasteiger partial charge in [0.05, 0.1) is 13.2 Å². The number of rotatable bonds is 7. The van der Waals surface area contributed by atoms with Crippen LogP contribution in [0.15, 0.2) is 0 Å². The van der Waals surface area contributed by atoms with Gasteiger partial charge in [-0.05, 0) is 0 Å². The summed E-state index contributed by atoms with van der Waals surface area (Å²) in [6.45, 7) is -1.49. The molecule has 0 aromatic rings. The Bertz CT molecular complexity index is 663. The third kappa shape index (κ3) is 5.14. The molecule has 3 aliphatic rings. The summed E-state index contributed by atoms with van der Waals surface area (Å²) in [4.78, 5) is 11.6. The molecule has 0 aromatic heterocycles. The van der Waals surface area contributed by atoms with Gasteiger partial charge >= 0.3 is 5.97 Å². The number of carbonyl (C=O) groups is 1. The fourth-order valence-corrected chi connectivity index (χ4v) is 3.81. The molecule has 14 atom stereocenters. The molecule has 16 heteroatoms. The maximum Gasteiger partial charge on any atom is 0.335 e. The molecule has 10 N–H and O–H groups in total. The van der Waals surface area contributed by atoms with Crippen molar-refractivity contribution in [2.45, 2.75) is 86.0 Å². The van der Waals surface area contributed by atoms with E-state index in [9.17, 15) is 50.8 Å². The second kappa shape index (κ2) is 10.7. The quantitative estimate of drug-likeness (QED) is 0.159. The molecule has 3 saturated heterocycles. The van der Waals surface area contributed by atoms with E-state index in [1.807, 2.05) is 0 Å². The lowest BCUT2D eigenvalue weighted by atomic mass is 9.97. The molecule has 0 saturated carbocycles. The minimum Gasteiger partial charge on any atom is -0.479 e. The van der Waals surface area contributed by atoms with Gasteiger partial charge in [0.2, 0.25) is 0 Å². The van der Waals surface area contributed by atoms with Crippen LogP contribution in [0.4, 0.5) is 0 Å². The zero-order valence-electron chi connectivity index (χ0n) is 16.9. The van der Waals surface area contributed by atoms with Crippen LogP contribution in [0.1, 0.15) is 0 Å². The van der Waals surface area contributed by atoms with Gasteiger partial charge in [0, 0.05) is 0 Å². The Morgan fingerprint density at radius 2 is 1.09 bits per heavy atom. The van der Waals surface area contributed by atoms with E-state index < -0.39 is 105 Å². The van der Waals surface area contributed by atoms with Crippen molar-refractivity contribution in [2.75, 3.05) is 13.2 Å². The molecule has 0 radical (unpaired) electrons. The van der Waals surface area contributed by atoms with Gasteiger partial charge in [-0.1, -0.05) is 0 Å². The Kier molecular flexibility index (Phi) is 8.57. The zero-order chi connectivity index (χ0) is 24.6. The summed E-state index contributed by atoms with van der Waals surface area (Å²) in [5.41, 5.74) is 0. The van der Waals surface area contributed by atoms with Crippen molar-refractivity contribution in [1.82, 2.24) is 0 Å². The molecule has 0 aromatic carbocycles. The van der Waals surface area contributed by atoms with Crippen LogP contribution in [0, 0.1) is 0 Å². The van der Waals surface area contributed by atoms with E-state index in [2.05, 4.69) is 0 Å². The average Bonchev–Trinajstić information content (AvgIpc) is 3.05. The molecule has 16 nitrogen and oxygen atoms in total. The lowest BCUT2D eigenvalue weighted by Crippen LogP contribution is -2.65. The standard InChI is InChI=1S/C17H28O16/c18-1-3-5(20)7(22)9(24)17(29-3)33-12-10(25)11(13(14(26)27)31-15(12)28)32-16-8(23)6(21)4(2-19)30-16/h3-13,15-25,28H,1-2H2,(H,26,27)/t3-,4+,5-,6+,7+,8-,9-,10+,11+,12-,13+,15-,16+,17+/m1/s1. The number of carboxylic acids is 1. The third-order valence-corrected chi connectivity index (χ3v) is 5.71. The van der Waals surface area contributed by atoms with Gasteiger partial charge in [-0.3, -0.25) is 0 Å². The number of carboxylic acid groups (broad SMARTS) is 1. The second-order valence-electron chi connectivity index (χ2n) is 7.88. The van der Waals surface area contributed by atoms with Crippen LogP contribution in [0.3, 0.4) is 0 Å². The van der Waals surface area contributed by atoms with E-state index in [1.165, 1.54) is 0 Å². The number of aliphatic hydroxyl groups is 9. The minimum absolute atomic E-state index is 0.703. The van der Waals surface area contributed by atoms with Crippen molar-refractivity contribution in [3.8, 4) is 0 Å². The number of hydrogen-bond acceptors (Lipinski definition) is 15. The molecule has 0 aliphatic carbocycles. The van der Waals surface area contributed by atoms with Crippen LogP contribution < -0.4 is 0 Å². The van der Waals surface area contributed by atoms with Gasteiger partial charge in [-0.15, -0.1) is 0 Å². The summed E-state index contributed by atoms with van der Waals surface area (Å²) < 4.78 is 25.8. The van der Waals surface area contributed by atoms with E-state index in [0.29, 0.717) is 0 Å². The molecular formula is C17H28O16. The zero-order valence-corrected chi connectivity index (χ0v) is 16.9. The Hall–Kier alpha value is -1.09. The van der Waals surface area contributed by atoms with Gasteiger partial charge < -0.3 is 74.7 Å². The molecule has 3 fully saturated rings. The Balaban J connectivity index is 1.77. The average molecular weight is 488 g/mol. The van der Waals surface area contributed by atoms with Crippen molar-refractivity contribution in [3.05, 3.63) is 0 Å². The highest BCUT2D eigenvalue weighted by Crippen LogP contribution is 2.32. The highest BCUT2D eigenvalue weighted by molar-refractivity contribution is 5.73. The van der Waals surface area contributed by atoms with E-state index in [-0.39, 0.29) is 0 Å². The van der Waals surface area contributed by atoms with Crippen LogP contribution in [0.2, 0.25) is 0 Å². The lowest BCUT2D eigenvalue weighted by molar-refractivity contribution is -0.367. The van der Waals surface area contributed by atoms with Gasteiger partial charge in [0.1, 0.15) is 61.0 Å². The summed E-state index contributed by atoms with van der Waals surface area (Å²) in [7, 11) is 0. The molecule has 3 heterocycles. The molecule has 0 unspecified atom stereocenters. The summed E-state index contributed by atoms with van der Waals surface area (Å²) in [5, 5.41) is 98.4. The molecule has 3 aliphatic heterocycles. The maximum atomic E-state index is 11.6. The molecule has 33 heavy (non-hydrogen) atoms. The topological polar surface area (TPSA) is 266 Å². The first-order chi connectivity index (χ1) is 15.5. The van der Waals surface area contributed by atoms with E-state index >= 15 is 0 Å². The van der Waals surface area contributed by atoms with E-state index in [1.54, 1.807) is 0 Å². The van der Waals surface area contributed by atoms with Gasteiger partial charge in [-0.25, -0.2) is 4.79 Å². The monoisotopic (exact) mass is 488 g/mol. The molecule has 0 spiro atoms. The predicted molar refractivity (Wildman–Crippen MR) is 95.8 cm³/mol. The van der Waals surface area contributed by atoms with E-state index in [0.717, 1.165) is 0 Å². The third-order valence-electron chi connectivity index (χ3n) is 5.71. The minimum atomic E-state index is -2.11. The first-order valence-corrected chi connectivity index (χ1v) is 10.00. The van der Waals surface area contributed by atoms with Crippen molar-refractivity contribution >= 4 is 5.97 Å². The fraction of sp³-hybridized carbons (Fsp3) is 0.941. The Morgan fingerprint density at radius 1 is 0.636 bits per heavy atom. The van der Waals surface area contributed by atoms with Gasteiger partial charge in [0.15, 0.2) is 25.0 Å². The molecule has 192 valence electrons. The predicted octanol–water partition coefficient (Wildman–Crippen LogP) is -6.84. The normalized spacial score (nSPS) is 50.9. The van der Waals surface area contributed by atoms with Crippen LogP contribution in [0.25, 0.3) is 0 Å². The smallest absolute Gasteiger partial charge is 0.335 e. The number of ether oxygens (including phenoxy) is 5. The first-order valence-electron chi connectivity index (χ1n) is 10.00. The van der Waals surface area contributed by atoms with Crippen molar-refractivity contribution in [1.29, 1.82) is 0 Å². The summed E-state index contributed by atoms with van der Waals surface area (Å²) in [6.07, 6.45) is -24.8. The maximum absolute atomic E-state index is 11.6. The van der Waals surface area contributed by atoms with Crippen LogP contribution in [-0.2, 0) is 28.5 Å². The van der Waals surface area contributed by atoms with Crippen molar-refractivity contribution in [2.24, 2.45) is 0 Å². The molecule has 3 rings (SSSR count). The first kappa shape index (κ1) is 26.5. The molecule has 0 bridgehead atoms. The van der Waals surface area contributed by atoms with Crippen LogP contribution in [0.5, 0.6) is 0 Å². The number of aliphatic carboxylic acids is 1. The summed E-state index contributed by atoms with van der Waals surface area (Å²) >= 11 is 0. The van der Waals surface area contributed by atoms with Crippen molar-refractivity contribution in [3.63, 3.8) is 0 Å². The number of aliphatic hydroxyl groups excluding tert-OH is 9. The summed E-state index contributed by atoms with van der Waals surface area (Å²) in [5.74, 6) is -1.68. The Morgan fingerprint density at radius 3 is 1.58 bits per heavy atom. The molecule has 0 amide bonds. The fourth-order valence-electron chi connectivity index (χ4n) is 3.81. The Labute approximate surface area is 185 Å². The van der Waals surface area contributed by atoms with Crippen LogP contribution in [-0.4, -0.2) is 156 Å². The van der Waals surface area contributed by atoms with Gasteiger partial charge in [0.25, 0.3) is 0 Å². The highest BCUT2D eigenvalue weighted by Gasteiger charge is 2.55. The summed E-state index contributed by atoms with van der Waals surface area (Å²) in [6, 6.07) is 0. The highest BCUT2D eigenvalue weighted by atomic mass is 16.8. The second-order valence-corrected chi connectivity index (χ2v) is 7.88. The SMILES string of the molecule is O=C(O)[C@H]1O[C@@H](O)[C@H](O[C@@H]2O[C@H](CO)[C@@H](O)[C@H](O)[C@H]2O)[C@@H](O)[C@@H]1O[C@@H]1O[C@@H](CO)[C@H](O)[C@H]1O. The van der Waals surface area contributed by atoms with Crippen LogP contribution >= 0.6 is 0 Å². The largest absolute Gasteiger partial charge is 0.479 e. The van der Waals surface area contributed by atoms with Gasteiger partial charge in [-0.2, -0.15) is 0 Å².